The van der Waals surface area contributed by atoms with Gasteiger partial charge < -0.3 is 10.6 Å². The van der Waals surface area contributed by atoms with Crippen LogP contribution in [0.25, 0.3) is 0 Å². The van der Waals surface area contributed by atoms with Gasteiger partial charge in [0.1, 0.15) is 5.01 Å². The minimum Gasteiger partial charge on any atom is -0.352 e. The van der Waals surface area contributed by atoms with Gasteiger partial charge in [-0.1, -0.05) is 30.3 Å². The maximum absolute atomic E-state index is 4.58. The molecule has 26 heavy (non-hydrogen) atoms. The van der Waals surface area contributed by atoms with Crippen LogP contribution in [0, 0.1) is 13.8 Å². The predicted molar refractivity (Wildman–Crippen MR) is 110 cm³/mol. The summed E-state index contributed by atoms with van der Waals surface area (Å²) in [5.74, 6) is 0.856. The van der Waals surface area contributed by atoms with Gasteiger partial charge in [0, 0.05) is 37.1 Å². The molecule has 2 N–H and O–H groups in total. The van der Waals surface area contributed by atoms with Crippen molar-refractivity contribution in [1.82, 2.24) is 20.5 Å². The smallest absolute Gasteiger partial charge is 0.191 e. The molecule has 2 atom stereocenters. The van der Waals surface area contributed by atoms with Gasteiger partial charge in [0.25, 0.3) is 0 Å². The van der Waals surface area contributed by atoms with Crippen molar-refractivity contribution < 1.29 is 0 Å². The maximum atomic E-state index is 4.58. The van der Waals surface area contributed by atoms with E-state index in [2.05, 4.69) is 76.6 Å². The quantitative estimate of drug-likeness (QED) is 0.626. The fourth-order valence-corrected chi connectivity index (χ4v) is 4.28. The second-order valence-corrected chi connectivity index (χ2v) is 8.30. The molecule has 1 aromatic heterocycles. The van der Waals surface area contributed by atoms with E-state index in [9.17, 15) is 0 Å². The number of nitrogens with one attached hydrogen (secondary N) is 2. The van der Waals surface area contributed by atoms with Gasteiger partial charge in [-0.05, 0) is 32.8 Å². The molecule has 0 spiro atoms. The number of aryl methyl sites for hydroxylation is 2. The van der Waals surface area contributed by atoms with Gasteiger partial charge >= 0.3 is 0 Å². The summed E-state index contributed by atoms with van der Waals surface area (Å²) in [5.41, 5.74) is 2.49. The number of hydrogen-bond acceptors (Lipinski definition) is 4. The first-order chi connectivity index (χ1) is 12.5. The number of benzene rings is 1. The van der Waals surface area contributed by atoms with Gasteiger partial charge in [0.15, 0.2) is 5.96 Å². The van der Waals surface area contributed by atoms with Gasteiger partial charge in [-0.15, -0.1) is 11.3 Å². The Labute approximate surface area is 160 Å². The van der Waals surface area contributed by atoms with E-state index in [1.165, 1.54) is 10.4 Å². The minimum atomic E-state index is 0.416. The lowest BCUT2D eigenvalue weighted by Gasteiger charge is -2.21. The lowest BCUT2D eigenvalue weighted by Crippen LogP contribution is -2.44. The van der Waals surface area contributed by atoms with Crippen molar-refractivity contribution in [2.24, 2.45) is 4.99 Å². The summed E-state index contributed by atoms with van der Waals surface area (Å²) in [4.78, 5) is 12.8. The normalized spacial score (nSPS) is 21.2. The summed E-state index contributed by atoms with van der Waals surface area (Å²) in [6.45, 7) is 9.24. The first-order valence-electron chi connectivity index (χ1n) is 9.23. The van der Waals surface area contributed by atoms with Gasteiger partial charge in [0.05, 0.1) is 12.2 Å². The van der Waals surface area contributed by atoms with E-state index >= 15 is 0 Å². The molecule has 1 aliphatic heterocycles. The van der Waals surface area contributed by atoms with Gasteiger partial charge in [0.2, 0.25) is 0 Å². The molecule has 2 aromatic rings. The molecule has 3 rings (SSSR count). The number of thiazole rings is 1. The third-order valence-electron chi connectivity index (χ3n) is 4.98. The summed E-state index contributed by atoms with van der Waals surface area (Å²) in [7, 11) is 1.83. The molecule has 1 saturated heterocycles. The highest BCUT2D eigenvalue weighted by Gasteiger charge is 2.29. The van der Waals surface area contributed by atoms with E-state index < -0.39 is 0 Å². The van der Waals surface area contributed by atoms with E-state index in [-0.39, 0.29) is 0 Å². The van der Waals surface area contributed by atoms with Crippen LogP contribution in [0.1, 0.15) is 34.5 Å². The summed E-state index contributed by atoms with van der Waals surface area (Å²) in [6.07, 6.45) is 1.13. The van der Waals surface area contributed by atoms with Crippen LogP contribution in [-0.4, -0.2) is 41.5 Å². The van der Waals surface area contributed by atoms with Crippen molar-refractivity contribution in [2.45, 2.75) is 52.4 Å². The van der Waals surface area contributed by atoms with Crippen molar-refractivity contribution in [3.05, 3.63) is 51.5 Å². The first-order valence-corrected chi connectivity index (χ1v) is 10.0. The molecule has 2 unspecified atom stereocenters. The van der Waals surface area contributed by atoms with Crippen LogP contribution in [0.2, 0.25) is 0 Å². The van der Waals surface area contributed by atoms with Gasteiger partial charge in [-0.25, -0.2) is 4.98 Å². The predicted octanol–water partition coefficient (Wildman–Crippen LogP) is 3.09. The van der Waals surface area contributed by atoms with Crippen LogP contribution in [0.3, 0.4) is 0 Å². The number of hydrogen-bond donors (Lipinski definition) is 2. The number of aliphatic imine (C=N–C) groups is 1. The molecule has 1 aliphatic rings. The van der Waals surface area contributed by atoms with Crippen LogP contribution >= 0.6 is 11.3 Å². The Bertz CT molecular complexity index is 720. The summed E-state index contributed by atoms with van der Waals surface area (Å²) >= 11 is 1.75. The van der Waals surface area contributed by atoms with Crippen molar-refractivity contribution in [2.75, 3.05) is 13.6 Å². The van der Waals surface area contributed by atoms with Crippen LogP contribution in [0.5, 0.6) is 0 Å². The average molecular weight is 372 g/mol. The molecule has 0 amide bonds. The van der Waals surface area contributed by atoms with Crippen LogP contribution in [0.15, 0.2) is 35.3 Å². The molecular weight excluding hydrogens is 342 g/mol. The summed E-state index contributed by atoms with van der Waals surface area (Å²) in [6, 6.07) is 11.7. The zero-order chi connectivity index (χ0) is 18.5. The fraction of sp³-hybridized carbons (Fsp3) is 0.500. The Balaban J connectivity index is 1.51. The van der Waals surface area contributed by atoms with E-state index in [1.807, 2.05) is 7.05 Å². The van der Waals surface area contributed by atoms with Crippen molar-refractivity contribution in [3.63, 3.8) is 0 Å². The van der Waals surface area contributed by atoms with Crippen LogP contribution in [0.4, 0.5) is 0 Å². The second kappa shape index (κ2) is 8.64. The van der Waals surface area contributed by atoms with E-state index in [4.69, 9.17) is 0 Å². The average Bonchev–Trinajstić information content (AvgIpc) is 3.14. The first kappa shape index (κ1) is 18.9. The highest BCUT2D eigenvalue weighted by Crippen LogP contribution is 2.20. The summed E-state index contributed by atoms with van der Waals surface area (Å²) in [5, 5.41) is 8.08. The molecule has 1 aromatic carbocycles. The molecule has 0 aliphatic carbocycles. The number of nitrogens with zero attached hydrogens (tertiary/aromatic N) is 3. The Morgan fingerprint density at radius 2 is 2.08 bits per heavy atom. The number of guanidine groups is 1. The topological polar surface area (TPSA) is 52.6 Å². The Morgan fingerprint density at radius 1 is 1.31 bits per heavy atom. The molecule has 140 valence electrons. The Morgan fingerprint density at radius 3 is 2.73 bits per heavy atom. The second-order valence-electron chi connectivity index (χ2n) is 7.02. The van der Waals surface area contributed by atoms with Crippen molar-refractivity contribution in [3.8, 4) is 0 Å². The van der Waals surface area contributed by atoms with Crippen molar-refractivity contribution >= 4 is 17.3 Å². The van der Waals surface area contributed by atoms with Crippen LogP contribution < -0.4 is 10.6 Å². The van der Waals surface area contributed by atoms with Gasteiger partial charge in [-0.3, -0.25) is 9.89 Å². The standard InChI is InChI=1S/C20H29N5S/c1-14-10-18(13-25(14)12-17-8-6-5-7-9-17)24-20(21-4)22-11-19-23-15(2)16(3)26-19/h5-9,14,18H,10-13H2,1-4H3,(H2,21,22,24). The van der Waals surface area contributed by atoms with Crippen LogP contribution in [-0.2, 0) is 13.1 Å². The minimum absolute atomic E-state index is 0.416. The highest BCUT2D eigenvalue weighted by molar-refractivity contribution is 7.11. The van der Waals surface area contributed by atoms with E-state index in [0.717, 1.165) is 42.7 Å². The molecule has 2 heterocycles. The number of likely N-dealkylation sites (tertiary alicyclic amines) is 1. The SMILES string of the molecule is CN=C(NCc1nc(C)c(C)s1)NC1CC(C)N(Cc2ccccc2)C1. The Hall–Kier alpha value is -1.92. The molecule has 0 bridgehead atoms. The molecular formula is C20H29N5S. The monoisotopic (exact) mass is 371 g/mol. The lowest BCUT2D eigenvalue weighted by atomic mass is 10.2. The number of rotatable bonds is 5. The maximum Gasteiger partial charge on any atom is 0.191 e. The fourth-order valence-electron chi connectivity index (χ4n) is 3.40. The molecule has 5 nitrogen and oxygen atoms in total. The number of aromatic nitrogens is 1. The Kier molecular flexibility index (Phi) is 6.27. The van der Waals surface area contributed by atoms with Crippen molar-refractivity contribution in [1.29, 1.82) is 0 Å². The third-order valence-corrected chi connectivity index (χ3v) is 6.05. The molecule has 6 heteroatoms. The zero-order valence-electron chi connectivity index (χ0n) is 16.1. The highest BCUT2D eigenvalue weighted by atomic mass is 32.1. The molecule has 0 saturated carbocycles. The molecule has 0 radical (unpaired) electrons. The zero-order valence-corrected chi connectivity index (χ0v) is 16.9. The molecule has 1 fully saturated rings. The van der Waals surface area contributed by atoms with E-state index in [0.29, 0.717) is 12.1 Å². The lowest BCUT2D eigenvalue weighted by molar-refractivity contribution is 0.258. The van der Waals surface area contributed by atoms with E-state index in [1.54, 1.807) is 11.3 Å². The third kappa shape index (κ3) is 4.83. The summed E-state index contributed by atoms with van der Waals surface area (Å²) < 4.78 is 0. The van der Waals surface area contributed by atoms with Gasteiger partial charge in [-0.2, -0.15) is 0 Å². The largest absolute Gasteiger partial charge is 0.352 e.